The van der Waals surface area contributed by atoms with Crippen molar-refractivity contribution in [2.24, 2.45) is 15.9 Å². The Kier molecular flexibility index (Phi) is 4.61. The van der Waals surface area contributed by atoms with E-state index in [1.807, 2.05) is 6.08 Å². The van der Waals surface area contributed by atoms with Crippen LogP contribution in [0.15, 0.2) is 123 Å². The van der Waals surface area contributed by atoms with Crippen LogP contribution in [0.3, 0.4) is 0 Å². The van der Waals surface area contributed by atoms with Gasteiger partial charge in [0.15, 0.2) is 5.84 Å². The molecule has 2 nitrogen and oxygen atoms in total. The minimum atomic E-state index is -0.394. The van der Waals surface area contributed by atoms with Crippen molar-refractivity contribution in [2.75, 3.05) is 0 Å². The first-order valence-electron chi connectivity index (χ1n) is 9.67. The van der Waals surface area contributed by atoms with Gasteiger partial charge in [-0.2, -0.15) is 0 Å². The summed E-state index contributed by atoms with van der Waals surface area (Å²) in [7, 11) is 0. The van der Waals surface area contributed by atoms with E-state index in [2.05, 4.69) is 124 Å². The van der Waals surface area contributed by atoms with Crippen molar-refractivity contribution in [1.82, 2.24) is 0 Å². The van der Waals surface area contributed by atoms with E-state index in [9.17, 15) is 0 Å². The highest BCUT2D eigenvalue weighted by molar-refractivity contribution is 9.11. The highest BCUT2D eigenvalue weighted by atomic mass is 79.9. The molecule has 0 bridgehead atoms. The topological polar surface area (TPSA) is 24.7 Å². The Hall–Kier alpha value is -3.04. The molecular weight excluding hydrogens is 420 g/mol. The van der Waals surface area contributed by atoms with E-state index in [4.69, 9.17) is 4.99 Å². The highest BCUT2D eigenvalue weighted by Crippen LogP contribution is 2.47. The molecule has 3 aromatic rings. The van der Waals surface area contributed by atoms with E-state index in [1.165, 1.54) is 16.7 Å². The lowest BCUT2D eigenvalue weighted by molar-refractivity contribution is 0.553. The number of rotatable bonds is 4. The Bertz CT molecular complexity index is 1050. The van der Waals surface area contributed by atoms with Gasteiger partial charge in [0.2, 0.25) is 0 Å². The fraction of sp³-hybridized carbons (Fsp3) is 0.0769. The molecule has 29 heavy (non-hydrogen) atoms. The smallest absolute Gasteiger partial charge is 0.159 e. The standard InChI is InChI=1S/C26H19BrN2/c27-24-17-19-16-23(18-28-25(19)29-24)26(20-10-4-1-5-11-20,21-12-6-2-7-13-21)22-14-8-3-9-15-22/h1-18,23H. The van der Waals surface area contributed by atoms with Crippen LogP contribution in [0, 0.1) is 5.92 Å². The van der Waals surface area contributed by atoms with E-state index >= 15 is 0 Å². The van der Waals surface area contributed by atoms with E-state index in [1.54, 1.807) is 0 Å². The number of amidine groups is 1. The van der Waals surface area contributed by atoms with Crippen LogP contribution >= 0.6 is 15.9 Å². The van der Waals surface area contributed by atoms with E-state index in [0.29, 0.717) is 0 Å². The van der Waals surface area contributed by atoms with Gasteiger partial charge in [0.25, 0.3) is 0 Å². The second kappa shape index (κ2) is 7.41. The number of fused-ring (bicyclic) bond motifs is 1. The van der Waals surface area contributed by atoms with Crippen LogP contribution in [-0.2, 0) is 5.41 Å². The molecule has 0 aliphatic carbocycles. The van der Waals surface area contributed by atoms with Gasteiger partial charge in [0.05, 0.1) is 5.41 Å². The lowest BCUT2D eigenvalue weighted by atomic mass is 9.61. The summed E-state index contributed by atoms with van der Waals surface area (Å²) in [5.41, 5.74) is 4.40. The fourth-order valence-corrected chi connectivity index (χ4v) is 4.84. The summed E-state index contributed by atoms with van der Waals surface area (Å²) in [5, 5.41) is 0. The van der Waals surface area contributed by atoms with Gasteiger partial charge in [-0.1, -0.05) is 97.1 Å². The molecule has 3 heteroatoms. The fourth-order valence-electron chi connectivity index (χ4n) is 4.42. The Labute approximate surface area is 179 Å². The summed E-state index contributed by atoms with van der Waals surface area (Å²) in [4.78, 5) is 9.21. The third-order valence-electron chi connectivity index (χ3n) is 5.65. The average Bonchev–Trinajstić information content (AvgIpc) is 3.16. The van der Waals surface area contributed by atoms with Gasteiger partial charge in [-0.25, -0.2) is 9.98 Å². The third-order valence-corrected chi connectivity index (χ3v) is 6.06. The molecule has 0 radical (unpaired) electrons. The maximum Gasteiger partial charge on any atom is 0.159 e. The molecule has 0 aromatic heterocycles. The predicted octanol–water partition coefficient (Wildman–Crippen LogP) is 6.30. The Balaban J connectivity index is 1.82. The molecule has 1 unspecified atom stereocenters. The van der Waals surface area contributed by atoms with E-state index in [-0.39, 0.29) is 5.92 Å². The van der Waals surface area contributed by atoms with E-state index < -0.39 is 5.41 Å². The second-order valence-corrected chi connectivity index (χ2v) is 8.05. The molecule has 0 saturated carbocycles. The number of nitrogens with zero attached hydrogens (tertiary/aromatic N) is 2. The molecule has 0 spiro atoms. The Morgan fingerprint density at radius 3 is 1.66 bits per heavy atom. The van der Waals surface area contributed by atoms with Gasteiger partial charge in [-0.05, 0) is 38.7 Å². The molecule has 2 aliphatic rings. The van der Waals surface area contributed by atoms with Gasteiger partial charge in [0.1, 0.15) is 4.61 Å². The number of hydrogen-bond acceptors (Lipinski definition) is 2. The SMILES string of the molecule is BrC1=CC2=CC(C(c3ccccc3)(c3ccccc3)c3ccccc3)C=NC2=N1. The molecule has 5 rings (SSSR count). The first-order chi connectivity index (χ1) is 14.3. The van der Waals surface area contributed by atoms with Crippen molar-refractivity contribution < 1.29 is 0 Å². The van der Waals surface area contributed by atoms with Crippen molar-refractivity contribution in [3.05, 3.63) is 130 Å². The van der Waals surface area contributed by atoms with Crippen LogP contribution in [0.4, 0.5) is 0 Å². The Morgan fingerprint density at radius 1 is 0.690 bits per heavy atom. The summed E-state index contributed by atoms with van der Waals surface area (Å²) < 4.78 is 0.821. The maximum atomic E-state index is 4.74. The molecular formula is C26H19BrN2. The first-order valence-corrected chi connectivity index (χ1v) is 10.5. The molecule has 0 N–H and O–H groups in total. The lowest BCUT2D eigenvalue weighted by Gasteiger charge is -2.41. The quantitative estimate of drug-likeness (QED) is 0.337. The zero-order chi connectivity index (χ0) is 19.7. The van der Waals surface area contributed by atoms with Crippen molar-refractivity contribution in [3.63, 3.8) is 0 Å². The zero-order valence-corrected chi connectivity index (χ0v) is 17.3. The molecule has 2 heterocycles. The second-order valence-electron chi connectivity index (χ2n) is 7.23. The van der Waals surface area contributed by atoms with Crippen molar-refractivity contribution >= 4 is 28.0 Å². The number of halogens is 1. The van der Waals surface area contributed by atoms with Gasteiger partial charge in [-0.15, -0.1) is 0 Å². The minimum Gasteiger partial charge on any atom is -0.240 e. The monoisotopic (exact) mass is 438 g/mol. The van der Waals surface area contributed by atoms with Crippen LogP contribution in [0.1, 0.15) is 16.7 Å². The van der Waals surface area contributed by atoms with Gasteiger partial charge in [-0.3, -0.25) is 0 Å². The number of benzene rings is 3. The predicted molar refractivity (Wildman–Crippen MR) is 124 cm³/mol. The largest absolute Gasteiger partial charge is 0.240 e. The van der Waals surface area contributed by atoms with Crippen LogP contribution in [0.25, 0.3) is 0 Å². The van der Waals surface area contributed by atoms with Crippen molar-refractivity contribution in [3.8, 4) is 0 Å². The summed E-state index contributed by atoms with van der Waals surface area (Å²) in [5.74, 6) is 0.814. The zero-order valence-electron chi connectivity index (χ0n) is 15.7. The molecule has 0 fully saturated rings. The first kappa shape index (κ1) is 18.0. The molecule has 3 aromatic carbocycles. The summed E-state index contributed by atoms with van der Waals surface area (Å²) in [6.07, 6.45) is 6.40. The van der Waals surface area contributed by atoms with Crippen LogP contribution < -0.4 is 0 Å². The van der Waals surface area contributed by atoms with Crippen LogP contribution in [0.2, 0.25) is 0 Å². The van der Waals surface area contributed by atoms with Crippen LogP contribution in [-0.4, -0.2) is 12.1 Å². The minimum absolute atomic E-state index is 0.0401. The highest BCUT2D eigenvalue weighted by Gasteiger charge is 2.43. The molecule has 2 aliphatic heterocycles. The molecule has 140 valence electrons. The van der Waals surface area contributed by atoms with Crippen molar-refractivity contribution in [2.45, 2.75) is 5.41 Å². The number of allylic oxidation sites excluding steroid dienone is 1. The van der Waals surface area contributed by atoms with Gasteiger partial charge >= 0.3 is 0 Å². The summed E-state index contributed by atoms with van der Waals surface area (Å²) >= 11 is 3.49. The lowest BCUT2D eigenvalue weighted by Crippen LogP contribution is -2.39. The third kappa shape index (κ3) is 3.02. The van der Waals surface area contributed by atoms with Gasteiger partial charge < -0.3 is 0 Å². The van der Waals surface area contributed by atoms with Crippen molar-refractivity contribution in [1.29, 1.82) is 0 Å². The molecule has 1 atom stereocenters. The molecule has 0 amide bonds. The van der Waals surface area contributed by atoms with Crippen LogP contribution in [0.5, 0.6) is 0 Å². The average molecular weight is 439 g/mol. The summed E-state index contributed by atoms with van der Waals surface area (Å²) in [6.45, 7) is 0. The normalized spacial score (nSPS) is 18.0. The van der Waals surface area contributed by atoms with Gasteiger partial charge in [0, 0.05) is 17.7 Å². The molecule has 0 saturated heterocycles. The van der Waals surface area contributed by atoms with E-state index in [0.717, 1.165) is 16.0 Å². The number of dihydropyridines is 1. The number of hydrogen-bond donors (Lipinski definition) is 0. The number of aliphatic imine (C=N–C) groups is 2. The Morgan fingerprint density at radius 2 is 1.17 bits per heavy atom. The maximum absolute atomic E-state index is 4.74. The summed E-state index contributed by atoms with van der Waals surface area (Å²) in [6, 6.07) is 32.2.